The van der Waals surface area contributed by atoms with Gasteiger partial charge in [0.05, 0.1) is 12.8 Å². The molecule has 0 aliphatic rings. The Bertz CT molecular complexity index is 877. The fraction of sp³-hybridized carbons (Fsp3) is 0.522. The van der Waals surface area contributed by atoms with Crippen molar-refractivity contribution in [2.45, 2.75) is 39.2 Å². The highest BCUT2D eigenvalue weighted by Crippen LogP contribution is 2.25. The van der Waals surface area contributed by atoms with E-state index in [4.69, 9.17) is 19.9 Å². The number of rotatable bonds is 16. The summed E-state index contributed by atoms with van der Waals surface area (Å²) in [4.78, 5) is 27.0. The van der Waals surface area contributed by atoms with Crippen LogP contribution >= 0.6 is 11.3 Å². The minimum Gasteiger partial charge on any atom is -0.492 e. The smallest absolute Gasteiger partial charge is 0.412 e. The molecular formula is C23H34N4O6S. The molecule has 11 heteroatoms. The minimum atomic E-state index is -0.745. The number of carbonyl (C=O) groups is 2. The van der Waals surface area contributed by atoms with Gasteiger partial charge in [0.2, 0.25) is 5.91 Å². The number of anilines is 1. The number of carbonyl (C=O) groups excluding carboxylic acids is 2. The molecule has 10 nitrogen and oxygen atoms in total. The van der Waals surface area contributed by atoms with E-state index in [0.717, 1.165) is 30.6 Å². The first-order valence-electron chi connectivity index (χ1n) is 11.3. The predicted octanol–water partition coefficient (Wildman–Crippen LogP) is 3.03. The summed E-state index contributed by atoms with van der Waals surface area (Å²) in [6, 6.07) is 6.55. The van der Waals surface area contributed by atoms with E-state index < -0.39 is 18.1 Å². The molecule has 2 unspecified atom stereocenters. The number of ether oxygens (including phenoxy) is 3. The lowest BCUT2D eigenvalue weighted by Crippen LogP contribution is -2.33. The molecule has 1 aromatic heterocycles. The topological polar surface area (TPSA) is 145 Å². The molecule has 0 spiro atoms. The standard InChI is InChI=1S/C23H34N4O6S/c1-3-16(2)5-4-11-32-22(30)27-20-14-26-23(34-20)33-15-18(28)13-25-10-12-31-19-8-6-17(7-9-19)21(24)29/h6-9,14,16,18,25,28H,3-5,10-13,15H2,1-2H3,(H2,24,29)(H,27,30). The van der Waals surface area contributed by atoms with Gasteiger partial charge in [-0.1, -0.05) is 31.6 Å². The number of aliphatic hydroxyl groups is 1. The Morgan fingerprint density at radius 1 is 1.21 bits per heavy atom. The highest BCUT2D eigenvalue weighted by molar-refractivity contribution is 7.17. The normalized spacial score (nSPS) is 12.6. The zero-order valence-corrected chi connectivity index (χ0v) is 20.4. The molecule has 0 aliphatic carbocycles. The van der Waals surface area contributed by atoms with Crippen LogP contribution in [0.3, 0.4) is 0 Å². The number of nitrogens with two attached hydrogens (primary N) is 1. The fourth-order valence-electron chi connectivity index (χ4n) is 2.77. The molecule has 34 heavy (non-hydrogen) atoms. The number of benzene rings is 1. The zero-order chi connectivity index (χ0) is 24.8. The van der Waals surface area contributed by atoms with Gasteiger partial charge < -0.3 is 30.4 Å². The van der Waals surface area contributed by atoms with Crippen LogP contribution < -0.4 is 25.8 Å². The molecule has 0 saturated heterocycles. The summed E-state index contributed by atoms with van der Waals surface area (Å²) in [5.41, 5.74) is 5.62. The molecular weight excluding hydrogens is 460 g/mol. The van der Waals surface area contributed by atoms with E-state index in [1.807, 2.05) is 0 Å². The lowest BCUT2D eigenvalue weighted by Gasteiger charge is -2.12. The van der Waals surface area contributed by atoms with Gasteiger partial charge in [-0.15, -0.1) is 0 Å². The number of nitrogens with zero attached hydrogens (tertiary/aromatic N) is 1. The summed E-state index contributed by atoms with van der Waals surface area (Å²) in [5, 5.41) is 16.6. The minimum absolute atomic E-state index is 0.0510. The molecule has 0 saturated carbocycles. The van der Waals surface area contributed by atoms with Gasteiger partial charge in [0, 0.05) is 18.7 Å². The molecule has 2 amide bonds. The second-order valence-electron chi connectivity index (χ2n) is 7.81. The molecule has 0 fully saturated rings. The van der Waals surface area contributed by atoms with Gasteiger partial charge in [0.15, 0.2) is 0 Å². The second-order valence-corrected chi connectivity index (χ2v) is 8.81. The highest BCUT2D eigenvalue weighted by Gasteiger charge is 2.11. The van der Waals surface area contributed by atoms with Crippen molar-refractivity contribution in [3.63, 3.8) is 0 Å². The average Bonchev–Trinajstić information content (AvgIpc) is 3.27. The maximum Gasteiger partial charge on any atom is 0.412 e. The van der Waals surface area contributed by atoms with Crippen LogP contribution in [0.15, 0.2) is 30.5 Å². The Balaban J connectivity index is 1.55. The monoisotopic (exact) mass is 494 g/mol. The quantitative estimate of drug-likeness (QED) is 0.261. The Hall–Kier alpha value is -2.89. The van der Waals surface area contributed by atoms with Crippen molar-refractivity contribution in [1.29, 1.82) is 0 Å². The first-order valence-corrected chi connectivity index (χ1v) is 12.1. The van der Waals surface area contributed by atoms with Crippen molar-refractivity contribution in [1.82, 2.24) is 10.3 Å². The van der Waals surface area contributed by atoms with Crippen molar-refractivity contribution >= 4 is 28.3 Å². The summed E-state index contributed by atoms with van der Waals surface area (Å²) < 4.78 is 16.2. The van der Waals surface area contributed by atoms with Gasteiger partial charge in [0.25, 0.3) is 5.19 Å². The Labute approximate surface area is 203 Å². The van der Waals surface area contributed by atoms with Crippen LogP contribution in [0, 0.1) is 5.92 Å². The van der Waals surface area contributed by atoms with Gasteiger partial charge >= 0.3 is 6.09 Å². The number of thiazole rings is 1. The number of aromatic nitrogens is 1. The predicted molar refractivity (Wildman–Crippen MR) is 131 cm³/mol. The highest BCUT2D eigenvalue weighted by atomic mass is 32.1. The number of primary amides is 1. The Morgan fingerprint density at radius 2 is 1.97 bits per heavy atom. The molecule has 5 N–H and O–H groups in total. The van der Waals surface area contributed by atoms with Gasteiger partial charge in [-0.2, -0.15) is 0 Å². The average molecular weight is 495 g/mol. The fourth-order valence-corrected chi connectivity index (χ4v) is 3.43. The largest absolute Gasteiger partial charge is 0.492 e. The lowest BCUT2D eigenvalue weighted by molar-refractivity contribution is 0.1000. The van der Waals surface area contributed by atoms with Crippen molar-refractivity contribution in [2.75, 3.05) is 38.2 Å². The van der Waals surface area contributed by atoms with Gasteiger partial charge in [-0.25, -0.2) is 9.78 Å². The third kappa shape index (κ3) is 10.8. The van der Waals surface area contributed by atoms with Crippen molar-refractivity contribution in [3.8, 4) is 10.9 Å². The molecule has 0 radical (unpaired) electrons. The van der Waals surface area contributed by atoms with Crippen LogP contribution in [0.2, 0.25) is 0 Å². The van der Waals surface area contributed by atoms with E-state index >= 15 is 0 Å². The van der Waals surface area contributed by atoms with Crippen molar-refractivity contribution in [3.05, 3.63) is 36.0 Å². The van der Waals surface area contributed by atoms with Crippen LogP contribution in [0.1, 0.15) is 43.5 Å². The van der Waals surface area contributed by atoms with Crippen LogP contribution in [0.25, 0.3) is 0 Å². The summed E-state index contributed by atoms with van der Waals surface area (Å²) in [7, 11) is 0. The maximum absolute atomic E-state index is 11.8. The summed E-state index contributed by atoms with van der Waals surface area (Å²) >= 11 is 1.16. The number of hydrogen-bond donors (Lipinski definition) is 4. The van der Waals surface area contributed by atoms with Crippen LogP contribution in [-0.4, -0.2) is 61.1 Å². The number of amides is 2. The van der Waals surface area contributed by atoms with Gasteiger partial charge in [-0.3, -0.25) is 10.1 Å². The molecule has 188 valence electrons. The van der Waals surface area contributed by atoms with E-state index in [1.54, 1.807) is 24.3 Å². The number of aliphatic hydroxyl groups excluding tert-OH is 1. The molecule has 0 bridgehead atoms. The van der Waals surface area contributed by atoms with E-state index in [0.29, 0.717) is 53.7 Å². The Morgan fingerprint density at radius 3 is 2.68 bits per heavy atom. The molecule has 1 heterocycles. The lowest BCUT2D eigenvalue weighted by atomic mass is 10.0. The molecule has 0 aliphatic heterocycles. The first-order chi connectivity index (χ1) is 16.4. The second kappa shape index (κ2) is 15.1. The van der Waals surface area contributed by atoms with Crippen LogP contribution in [-0.2, 0) is 4.74 Å². The van der Waals surface area contributed by atoms with E-state index in [2.05, 4.69) is 29.5 Å². The molecule has 2 rings (SSSR count). The molecule has 2 aromatic rings. The third-order valence-corrected chi connectivity index (χ3v) is 5.77. The number of hydrogen-bond acceptors (Lipinski definition) is 9. The van der Waals surface area contributed by atoms with Gasteiger partial charge in [-0.05, 0) is 43.0 Å². The molecule has 1 aromatic carbocycles. The van der Waals surface area contributed by atoms with Crippen molar-refractivity contribution in [2.24, 2.45) is 11.7 Å². The summed E-state index contributed by atoms with van der Waals surface area (Å²) in [6.07, 6.45) is 3.20. The van der Waals surface area contributed by atoms with E-state index in [1.165, 1.54) is 6.20 Å². The van der Waals surface area contributed by atoms with Crippen molar-refractivity contribution < 1.29 is 28.9 Å². The third-order valence-electron chi connectivity index (χ3n) is 4.95. The summed E-state index contributed by atoms with van der Waals surface area (Å²) in [6.45, 7) is 5.96. The first kappa shape index (κ1) is 27.4. The van der Waals surface area contributed by atoms with Crippen LogP contribution in [0.4, 0.5) is 9.80 Å². The summed E-state index contributed by atoms with van der Waals surface area (Å²) in [5.74, 6) is 0.763. The SMILES string of the molecule is CCC(C)CCCOC(=O)Nc1cnc(OCC(O)CNCCOc2ccc(C(N)=O)cc2)s1. The maximum atomic E-state index is 11.8. The van der Waals surface area contributed by atoms with Gasteiger partial charge in [0.1, 0.15) is 30.1 Å². The van der Waals surface area contributed by atoms with E-state index in [-0.39, 0.29) is 6.61 Å². The molecule has 2 atom stereocenters. The zero-order valence-electron chi connectivity index (χ0n) is 19.6. The number of nitrogens with one attached hydrogen (secondary N) is 2. The van der Waals surface area contributed by atoms with E-state index in [9.17, 15) is 14.7 Å². The Kier molecular flexibility index (Phi) is 12.1. The van der Waals surface area contributed by atoms with Crippen LogP contribution in [0.5, 0.6) is 10.9 Å².